The molecule has 0 aromatic rings. The van der Waals surface area contributed by atoms with Crippen LogP contribution in [0.4, 0.5) is 0 Å². The summed E-state index contributed by atoms with van der Waals surface area (Å²) in [5.41, 5.74) is 0. The number of rotatable bonds is 0. The molecule has 2 aliphatic heterocycles. The molecule has 4 aliphatic carbocycles. The highest BCUT2D eigenvalue weighted by Crippen LogP contribution is 2.76. The molecule has 6 aliphatic rings. The maximum atomic E-state index is 5.96. The lowest BCUT2D eigenvalue weighted by molar-refractivity contribution is -0.175. The number of fused-ring (bicyclic) bond motifs is 1. The lowest BCUT2D eigenvalue weighted by atomic mass is 9.61. The van der Waals surface area contributed by atoms with E-state index in [4.69, 9.17) is 4.74 Å². The lowest BCUT2D eigenvalue weighted by Crippen LogP contribution is -2.53. The highest BCUT2D eigenvalue weighted by molar-refractivity contribution is 5.22. The average molecular weight is 162 g/mol. The van der Waals surface area contributed by atoms with E-state index >= 15 is 0 Å². The highest BCUT2D eigenvalue weighted by atomic mass is 16.5. The molecule has 4 saturated carbocycles. The second-order valence-corrected chi connectivity index (χ2v) is 5.74. The molecular formula is C11H14O. The van der Waals surface area contributed by atoms with E-state index in [2.05, 4.69) is 0 Å². The summed E-state index contributed by atoms with van der Waals surface area (Å²) in [5.74, 6) is 7.67. The Morgan fingerprint density at radius 1 is 0.750 bits per heavy atom. The van der Waals surface area contributed by atoms with Crippen LogP contribution in [0.25, 0.3) is 0 Å². The minimum atomic E-state index is 0.744. The van der Waals surface area contributed by atoms with Crippen molar-refractivity contribution in [2.45, 2.75) is 18.9 Å². The number of ether oxygens (including phenoxy) is 1. The van der Waals surface area contributed by atoms with Gasteiger partial charge in [-0.25, -0.2) is 0 Å². The third-order valence-corrected chi connectivity index (χ3v) is 5.94. The van der Waals surface area contributed by atoms with Gasteiger partial charge in [-0.1, -0.05) is 0 Å². The monoisotopic (exact) mass is 162 g/mol. The van der Waals surface area contributed by atoms with Gasteiger partial charge in [-0.05, 0) is 54.3 Å². The first kappa shape index (κ1) is 5.64. The normalized spacial score (nSPS) is 80.0. The molecule has 2 saturated heterocycles. The molecular weight excluding hydrogens is 148 g/mol. The Kier molecular flexibility index (Phi) is 0.654. The van der Waals surface area contributed by atoms with Crippen molar-refractivity contribution in [3.05, 3.63) is 0 Å². The topological polar surface area (TPSA) is 9.23 Å². The molecule has 2 heterocycles. The summed E-state index contributed by atoms with van der Waals surface area (Å²) in [6.07, 6.45) is 3.90. The van der Waals surface area contributed by atoms with E-state index in [1.54, 1.807) is 12.8 Å². The van der Waals surface area contributed by atoms with Gasteiger partial charge in [-0.3, -0.25) is 0 Å². The quantitative estimate of drug-likeness (QED) is 0.525. The summed E-state index contributed by atoms with van der Waals surface area (Å²) in [6, 6.07) is 0. The zero-order valence-electron chi connectivity index (χ0n) is 7.15. The Bertz CT molecular complexity index is 238. The first-order chi connectivity index (χ1) is 5.95. The predicted octanol–water partition coefficient (Wildman–Crippen LogP) is 1.53. The fourth-order valence-electron chi connectivity index (χ4n) is 6.01. The Hall–Kier alpha value is -0.0400. The van der Waals surface area contributed by atoms with Crippen LogP contribution in [0, 0.1) is 41.4 Å². The Morgan fingerprint density at radius 3 is 2.42 bits per heavy atom. The van der Waals surface area contributed by atoms with Crippen molar-refractivity contribution in [1.29, 1.82) is 0 Å². The molecule has 0 aromatic heterocycles. The minimum Gasteiger partial charge on any atom is -0.377 e. The molecule has 0 amide bonds. The molecule has 6 fully saturated rings. The van der Waals surface area contributed by atoms with Gasteiger partial charge in [0.05, 0.1) is 12.7 Å². The zero-order valence-corrected chi connectivity index (χ0v) is 7.15. The molecule has 12 heavy (non-hydrogen) atoms. The van der Waals surface area contributed by atoms with E-state index in [9.17, 15) is 0 Å². The summed E-state index contributed by atoms with van der Waals surface area (Å²) in [5, 5.41) is 0. The summed E-state index contributed by atoms with van der Waals surface area (Å²) >= 11 is 0. The van der Waals surface area contributed by atoms with Crippen molar-refractivity contribution >= 4 is 0 Å². The zero-order chi connectivity index (χ0) is 7.45. The van der Waals surface area contributed by atoms with Crippen LogP contribution in [-0.2, 0) is 4.74 Å². The van der Waals surface area contributed by atoms with Gasteiger partial charge in [-0.2, -0.15) is 0 Å². The molecule has 0 spiro atoms. The van der Waals surface area contributed by atoms with Gasteiger partial charge in [0, 0.05) is 0 Å². The summed E-state index contributed by atoms with van der Waals surface area (Å²) < 4.78 is 5.96. The highest BCUT2D eigenvalue weighted by Gasteiger charge is 2.74. The third-order valence-electron chi connectivity index (χ3n) is 5.94. The fourth-order valence-corrected chi connectivity index (χ4v) is 6.01. The van der Waals surface area contributed by atoms with Crippen LogP contribution < -0.4 is 0 Å². The summed E-state index contributed by atoms with van der Waals surface area (Å²) in [7, 11) is 0. The average Bonchev–Trinajstić information content (AvgIpc) is 2.74. The van der Waals surface area contributed by atoms with Crippen LogP contribution in [-0.4, -0.2) is 12.7 Å². The molecule has 0 N–H and O–H groups in total. The maximum Gasteiger partial charge on any atom is 0.0640 e. The first-order valence-electron chi connectivity index (χ1n) is 5.57. The molecule has 6 rings (SSSR count). The van der Waals surface area contributed by atoms with Crippen molar-refractivity contribution in [1.82, 2.24) is 0 Å². The van der Waals surface area contributed by atoms with Gasteiger partial charge >= 0.3 is 0 Å². The lowest BCUT2D eigenvalue weighted by Gasteiger charge is -2.51. The van der Waals surface area contributed by atoms with Crippen LogP contribution in [0.5, 0.6) is 0 Å². The van der Waals surface area contributed by atoms with Gasteiger partial charge < -0.3 is 4.74 Å². The van der Waals surface area contributed by atoms with Crippen molar-refractivity contribution in [3.8, 4) is 0 Å². The number of hydrogen-bond acceptors (Lipinski definition) is 1. The van der Waals surface area contributed by atoms with E-state index < -0.39 is 0 Å². The van der Waals surface area contributed by atoms with E-state index in [0.717, 1.165) is 48.2 Å². The van der Waals surface area contributed by atoms with Crippen molar-refractivity contribution in [2.24, 2.45) is 41.4 Å². The van der Waals surface area contributed by atoms with Crippen molar-refractivity contribution in [2.75, 3.05) is 6.61 Å². The van der Waals surface area contributed by atoms with Crippen molar-refractivity contribution in [3.63, 3.8) is 0 Å². The summed E-state index contributed by atoms with van der Waals surface area (Å²) in [6.45, 7) is 1.14. The second kappa shape index (κ2) is 1.39. The van der Waals surface area contributed by atoms with Gasteiger partial charge in [0.1, 0.15) is 0 Å². The van der Waals surface area contributed by atoms with Crippen LogP contribution in [0.1, 0.15) is 12.8 Å². The van der Waals surface area contributed by atoms with Crippen LogP contribution in [0.2, 0.25) is 0 Å². The van der Waals surface area contributed by atoms with Gasteiger partial charge in [0.25, 0.3) is 0 Å². The SMILES string of the molecule is C1OC2C3CC4C5CC(C1C53)C42. The fraction of sp³-hybridized carbons (Fsp3) is 1.00. The van der Waals surface area contributed by atoms with Gasteiger partial charge in [-0.15, -0.1) is 0 Å². The van der Waals surface area contributed by atoms with Gasteiger partial charge in [0.2, 0.25) is 0 Å². The largest absolute Gasteiger partial charge is 0.377 e. The molecule has 1 nitrogen and oxygen atoms in total. The molecule has 64 valence electrons. The third kappa shape index (κ3) is 0.334. The Labute approximate surface area is 72.5 Å². The molecule has 8 atom stereocenters. The minimum absolute atomic E-state index is 0.744. The molecule has 0 radical (unpaired) electrons. The first-order valence-corrected chi connectivity index (χ1v) is 5.57. The molecule has 1 heteroatoms. The number of hydrogen-bond donors (Lipinski definition) is 0. The second-order valence-electron chi connectivity index (χ2n) is 5.74. The molecule has 8 unspecified atom stereocenters. The predicted molar refractivity (Wildman–Crippen MR) is 43.4 cm³/mol. The maximum absolute atomic E-state index is 5.96. The molecule has 0 aromatic carbocycles. The van der Waals surface area contributed by atoms with Crippen LogP contribution in [0.15, 0.2) is 0 Å². The van der Waals surface area contributed by atoms with Gasteiger partial charge in [0.15, 0.2) is 0 Å². The standard InChI is InChI=1S/C11H14O/c1-4-5-2-7-9(4)8-3-12-11(7)10(5)6(1)8/h4-11H,1-3H2. The van der Waals surface area contributed by atoms with Crippen molar-refractivity contribution < 1.29 is 4.74 Å². The smallest absolute Gasteiger partial charge is 0.0640 e. The van der Waals surface area contributed by atoms with E-state index in [1.807, 2.05) is 0 Å². The van der Waals surface area contributed by atoms with E-state index in [-0.39, 0.29) is 0 Å². The van der Waals surface area contributed by atoms with Crippen LogP contribution in [0.3, 0.4) is 0 Å². The van der Waals surface area contributed by atoms with E-state index in [0.29, 0.717) is 0 Å². The Morgan fingerprint density at radius 2 is 1.50 bits per heavy atom. The Balaban J connectivity index is 1.85. The summed E-state index contributed by atoms with van der Waals surface area (Å²) in [4.78, 5) is 0. The molecule has 6 bridgehead atoms. The van der Waals surface area contributed by atoms with E-state index in [1.165, 1.54) is 5.92 Å². The van der Waals surface area contributed by atoms with Crippen LogP contribution >= 0.6 is 0 Å².